The van der Waals surface area contributed by atoms with Crippen molar-refractivity contribution in [3.63, 3.8) is 0 Å². The molecule has 0 bridgehead atoms. The van der Waals surface area contributed by atoms with Crippen molar-refractivity contribution in [3.05, 3.63) is 35.4 Å². The van der Waals surface area contributed by atoms with Gasteiger partial charge in [0.05, 0.1) is 6.61 Å². The predicted octanol–water partition coefficient (Wildman–Crippen LogP) is 2.30. The fourth-order valence-corrected chi connectivity index (χ4v) is 3.63. The van der Waals surface area contributed by atoms with Crippen molar-refractivity contribution in [2.45, 2.75) is 33.1 Å². The van der Waals surface area contributed by atoms with Crippen molar-refractivity contribution in [1.29, 1.82) is 0 Å². The lowest BCUT2D eigenvalue weighted by atomic mass is 9.79. The monoisotopic (exact) mass is 375 g/mol. The minimum Gasteiger partial charge on any atom is -0.384 e. The van der Waals surface area contributed by atoms with E-state index in [2.05, 4.69) is 17.6 Å². The molecule has 1 aromatic carbocycles. The van der Waals surface area contributed by atoms with Gasteiger partial charge in [-0.2, -0.15) is 0 Å². The number of hydrogen-bond donors (Lipinski definition) is 2. The Balaban J connectivity index is 1.97. The molecule has 6 heteroatoms. The van der Waals surface area contributed by atoms with Crippen molar-refractivity contribution in [2.24, 2.45) is 5.41 Å². The van der Waals surface area contributed by atoms with Crippen LogP contribution in [-0.4, -0.2) is 63.2 Å². The van der Waals surface area contributed by atoms with Gasteiger partial charge in [-0.1, -0.05) is 6.92 Å². The maximum atomic E-state index is 12.5. The van der Waals surface area contributed by atoms with Gasteiger partial charge in [0.2, 0.25) is 0 Å². The summed E-state index contributed by atoms with van der Waals surface area (Å²) in [6, 6.07) is 6.94. The molecule has 0 spiro atoms. The number of carbonyl (C=O) groups is 2. The summed E-state index contributed by atoms with van der Waals surface area (Å²) in [7, 11) is 1.71. The van der Waals surface area contributed by atoms with E-state index in [4.69, 9.17) is 4.74 Å². The molecule has 0 aliphatic carbocycles. The van der Waals surface area contributed by atoms with E-state index in [1.807, 2.05) is 11.8 Å². The molecule has 0 unspecified atom stereocenters. The number of piperidine rings is 1. The van der Waals surface area contributed by atoms with Gasteiger partial charge in [-0.3, -0.25) is 9.59 Å². The lowest BCUT2D eigenvalue weighted by Gasteiger charge is -2.37. The number of carbonyl (C=O) groups excluding carboxylic acids is 2. The quantitative estimate of drug-likeness (QED) is 0.695. The maximum absolute atomic E-state index is 12.5. The molecule has 2 amide bonds. The topological polar surface area (TPSA) is 70.7 Å². The zero-order chi connectivity index (χ0) is 19.7. The van der Waals surface area contributed by atoms with Crippen molar-refractivity contribution in [2.75, 3.05) is 46.4 Å². The van der Waals surface area contributed by atoms with Crippen molar-refractivity contribution < 1.29 is 14.3 Å². The minimum absolute atomic E-state index is 0.00660. The number of rotatable bonds is 9. The average molecular weight is 376 g/mol. The highest BCUT2D eigenvalue weighted by Crippen LogP contribution is 2.28. The van der Waals surface area contributed by atoms with E-state index >= 15 is 0 Å². The van der Waals surface area contributed by atoms with Crippen molar-refractivity contribution in [1.82, 2.24) is 15.5 Å². The van der Waals surface area contributed by atoms with Crippen molar-refractivity contribution in [3.8, 4) is 0 Å². The summed E-state index contributed by atoms with van der Waals surface area (Å²) in [5.41, 5.74) is 1.19. The Kier molecular flexibility index (Phi) is 8.25. The molecule has 1 aliphatic heterocycles. The van der Waals surface area contributed by atoms with E-state index in [9.17, 15) is 9.59 Å². The molecule has 0 radical (unpaired) electrons. The maximum Gasteiger partial charge on any atom is 0.253 e. The summed E-state index contributed by atoms with van der Waals surface area (Å²) in [6.45, 7) is 8.60. The fraction of sp³-hybridized carbons (Fsp3) is 0.619. The van der Waals surface area contributed by atoms with Crippen LogP contribution in [0.1, 0.15) is 53.8 Å². The molecule has 1 fully saturated rings. The summed E-state index contributed by atoms with van der Waals surface area (Å²) in [5.74, 6) is -0.0935. The second-order valence-corrected chi connectivity index (χ2v) is 7.33. The second kappa shape index (κ2) is 10.4. The number of ether oxygens (including phenoxy) is 1. The first kappa shape index (κ1) is 21.4. The van der Waals surface area contributed by atoms with E-state index in [0.717, 1.165) is 38.9 Å². The van der Waals surface area contributed by atoms with Gasteiger partial charge in [-0.15, -0.1) is 0 Å². The summed E-state index contributed by atoms with van der Waals surface area (Å²) < 4.78 is 5.40. The van der Waals surface area contributed by atoms with Gasteiger partial charge < -0.3 is 20.3 Å². The summed E-state index contributed by atoms with van der Waals surface area (Å²) in [5, 5.41) is 6.41. The van der Waals surface area contributed by atoms with Gasteiger partial charge in [-0.25, -0.2) is 0 Å². The number of hydrogen-bond acceptors (Lipinski definition) is 4. The van der Waals surface area contributed by atoms with Crippen LogP contribution in [0.25, 0.3) is 0 Å². The van der Waals surface area contributed by atoms with Crippen LogP contribution in [0.15, 0.2) is 24.3 Å². The Morgan fingerprint density at radius 2 is 1.78 bits per heavy atom. The Bertz CT molecular complexity index is 604. The first-order valence-corrected chi connectivity index (χ1v) is 9.92. The predicted molar refractivity (Wildman–Crippen MR) is 107 cm³/mol. The molecule has 1 aromatic rings. The summed E-state index contributed by atoms with van der Waals surface area (Å²) in [4.78, 5) is 26.9. The molecule has 1 heterocycles. The number of methoxy groups -OCH3 is 1. The molecule has 0 saturated carbocycles. The van der Waals surface area contributed by atoms with Gasteiger partial charge in [-0.05, 0) is 63.5 Å². The third-order valence-electron chi connectivity index (χ3n) is 5.30. The van der Waals surface area contributed by atoms with E-state index in [1.54, 1.807) is 31.4 Å². The van der Waals surface area contributed by atoms with Crippen LogP contribution in [0.5, 0.6) is 0 Å². The number of nitrogens with one attached hydrogen (secondary N) is 2. The molecular weight excluding hydrogens is 342 g/mol. The van der Waals surface area contributed by atoms with E-state index < -0.39 is 0 Å². The third kappa shape index (κ3) is 5.78. The van der Waals surface area contributed by atoms with Gasteiger partial charge in [0.25, 0.3) is 11.8 Å². The summed E-state index contributed by atoms with van der Waals surface area (Å²) >= 11 is 0. The van der Waals surface area contributed by atoms with E-state index in [0.29, 0.717) is 30.8 Å². The molecule has 1 saturated heterocycles. The molecule has 150 valence electrons. The van der Waals surface area contributed by atoms with Gasteiger partial charge in [0, 0.05) is 43.3 Å². The zero-order valence-electron chi connectivity index (χ0n) is 16.8. The van der Waals surface area contributed by atoms with Crippen LogP contribution in [0, 0.1) is 5.41 Å². The summed E-state index contributed by atoms with van der Waals surface area (Å²) in [6.07, 6.45) is 2.90. The lowest BCUT2D eigenvalue weighted by molar-refractivity contribution is 0.0511. The van der Waals surface area contributed by atoms with Crippen LogP contribution < -0.4 is 10.6 Å². The van der Waals surface area contributed by atoms with E-state index in [-0.39, 0.29) is 17.2 Å². The average Bonchev–Trinajstić information content (AvgIpc) is 2.71. The Morgan fingerprint density at radius 1 is 1.15 bits per heavy atom. The minimum atomic E-state index is -0.107. The number of nitrogens with zero attached hydrogens (tertiary/aromatic N) is 1. The zero-order valence-corrected chi connectivity index (χ0v) is 16.8. The number of benzene rings is 1. The first-order chi connectivity index (χ1) is 13.0. The Morgan fingerprint density at radius 3 is 2.33 bits per heavy atom. The van der Waals surface area contributed by atoms with Crippen LogP contribution >= 0.6 is 0 Å². The molecular formula is C21H33N3O3. The van der Waals surface area contributed by atoms with Crippen molar-refractivity contribution >= 4 is 11.8 Å². The van der Waals surface area contributed by atoms with Crippen LogP contribution in [0.3, 0.4) is 0 Å². The molecule has 6 nitrogen and oxygen atoms in total. The highest BCUT2D eigenvalue weighted by atomic mass is 16.5. The molecule has 2 rings (SSSR count). The highest BCUT2D eigenvalue weighted by Gasteiger charge is 2.32. The Labute approximate surface area is 162 Å². The van der Waals surface area contributed by atoms with Crippen LogP contribution in [0.2, 0.25) is 0 Å². The molecule has 27 heavy (non-hydrogen) atoms. The Hall–Kier alpha value is -1.92. The third-order valence-corrected chi connectivity index (χ3v) is 5.30. The highest BCUT2D eigenvalue weighted by molar-refractivity contribution is 5.97. The first-order valence-electron chi connectivity index (χ1n) is 9.92. The van der Waals surface area contributed by atoms with Crippen LogP contribution in [0.4, 0.5) is 0 Å². The van der Waals surface area contributed by atoms with E-state index in [1.165, 1.54) is 0 Å². The smallest absolute Gasteiger partial charge is 0.253 e. The molecule has 0 aromatic heterocycles. The normalized spacial score (nSPS) is 16.0. The molecule has 1 aliphatic rings. The fourth-order valence-electron chi connectivity index (χ4n) is 3.63. The standard InChI is InChI=1S/C21H33N3O3/c1-4-14-24(5-2)20(26)18-8-6-17(7-9-18)19(25)23-15-21(16-27-3)10-12-22-13-11-21/h6-9,22H,4-5,10-16H2,1-3H3,(H,23,25). The van der Waals surface area contributed by atoms with Gasteiger partial charge in [0.1, 0.15) is 0 Å². The lowest BCUT2D eigenvalue weighted by Crippen LogP contribution is -2.47. The second-order valence-electron chi connectivity index (χ2n) is 7.33. The van der Waals surface area contributed by atoms with Crippen LogP contribution in [-0.2, 0) is 4.74 Å². The SMILES string of the molecule is CCCN(CC)C(=O)c1ccc(C(=O)NCC2(COC)CCNCC2)cc1. The largest absolute Gasteiger partial charge is 0.384 e. The molecule has 2 N–H and O–H groups in total. The van der Waals surface area contributed by atoms with Gasteiger partial charge in [0.15, 0.2) is 0 Å². The van der Waals surface area contributed by atoms with Gasteiger partial charge >= 0.3 is 0 Å². The molecule has 0 atom stereocenters. The number of amides is 2.